The molecule has 0 radical (unpaired) electrons. The summed E-state index contributed by atoms with van der Waals surface area (Å²) >= 11 is 5.87. The van der Waals surface area contributed by atoms with E-state index < -0.39 is 0 Å². The van der Waals surface area contributed by atoms with Gasteiger partial charge in [-0.1, -0.05) is 49.1 Å². The van der Waals surface area contributed by atoms with E-state index in [1.807, 2.05) is 12.1 Å². The van der Waals surface area contributed by atoms with Crippen LogP contribution in [-0.2, 0) is 13.0 Å². The Bertz CT molecular complexity index is 1230. The molecule has 35 heavy (non-hydrogen) atoms. The summed E-state index contributed by atoms with van der Waals surface area (Å²) in [5.74, 6) is 1.21. The lowest BCUT2D eigenvalue weighted by Gasteiger charge is -2.31. The van der Waals surface area contributed by atoms with Crippen LogP contribution in [-0.4, -0.2) is 41.8 Å². The Morgan fingerprint density at radius 1 is 1.09 bits per heavy atom. The number of thiocarbonyl (C=S) groups is 1. The molecule has 1 aliphatic rings. The summed E-state index contributed by atoms with van der Waals surface area (Å²) < 4.78 is 10.8. The molecule has 0 aliphatic heterocycles. The maximum atomic E-state index is 13.0. The molecule has 1 saturated carbocycles. The first-order valence-electron chi connectivity index (χ1n) is 12.4. The van der Waals surface area contributed by atoms with E-state index in [1.54, 1.807) is 20.3 Å². The molecule has 3 aromatic rings. The van der Waals surface area contributed by atoms with Crippen molar-refractivity contribution in [1.29, 1.82) is 0 Å². The van der Waals surface area contributed by atoms with E-state index in [-0.39, 0.29) is 5.56 Å². The number of pyridine rings is 1. The molecule has 2 N–H and O–H groups in total. The number of nitrogens with one attached hydrogen (secondary N) is 2. The van der Waals surface area contributed by atoms with Gasteiger partial charge in [0.2, 0.25) is 0 Å². The normalized spacial score (nSPS) is 14.0. The van der Waals surface area contributed by atoms with Crippen LogP contribution >= 0.6 is 12.2 Å². The van der Waals surface area contributed by atoms with Crippen LogP contribution in [0.25, 0.3) is 10.9 Å². The number of nitrogens with zero attached hydrogens (tertiary/aromatic N) is 1. The van der Waals surface area contributed by atoms with Crippen molar-refractivity contribution in [2.24, 2.45) is 0 Å². The predicted molar refractivity (Wildman–Crippen MR) is 146 cm³/mol. The highest BCUT2D eigenvalue weighted by atomic mass is 32.1. The first-order chi connectivity index (χ1) is 17.0. The number of aromatic nitrogens is 1. The monoisotopic (exact) mass is 493 g/mol. The molecule has 0 unspecified atom stereocenters. The third-order valence-electron chi connectivity index (χ3n) is 6.76. The van der Waals surface area contributed by atoms with Gasteiger partial charge in [-0.25, -0.2) is 0 Å². The molecule has 0 spiro atoms. The number of H-pyrrole nitrogens is 1. The smallest absolute Gasteiger partial charge is 0.253 e. The zero-order chi connectivity index (χ0) is 24.8. The van der Waals surface area contributed by atoms with E-state index in [1.165, 1.54) is 30.4 Å². The Balaban J connectivity index is 1.59. The molecule has 0 saturated heterocycles. The molecule has 0 atom stereocenters. The molecule has 1 aliphatic carbocycles. The van der Waals surface area contributed by atoms with Crippen LogP contribution in [0.15, 0.2) is 47.3 Å². The fourth-order valence-corrected chi connectivity index (χ4v) is 5.12. The molecule has 6 nitrogen and oxygen atoms in total. The Morgan fingerprint density at radius 3 is 2.54 bits per heavy atom. The van der Waals surface area contributed by atoms with Crippen molar-refractivity contribution in [2.75, 3.05) is 20.8 Å². The van der Waals surface area contributed by atoms with Crippen molar-refractivity contribution in [3.63, 3.8) is 0 Å². The van der Waals surface area contributed by atoms with E-state index in [0.29, 0.717) is 35.2 Å². The molecule has 2 aromatic carbocycles. The Kier molecular flexibility index (Phi) is 8.29. The van der Waals surface area contributed by atoms with Crippen LogP contribution < -0.4 is 20.3 Å². The molecular weight excluding hydrogens is 458 g/mol. The summed E-state index contributed by atoms with van der Waals surface area (Å²) in [7, 11) is 3.20. The SMILES string of the molecule is COc1cc2cc(CN(CCc3cccc(C)c3)C(=S)NC3CCCCC3)c(=O)[nH]c2cc1OC. The molecule has 0 bridgehead atoms. The van der Waals surface area contributed by atoms with Gasteiger partial charge >= 0.3 is 0 Å². The topological polar surface area (TPSA) is 66.6 Å². The first kappa shape index (κ1) is 25.0. The average Bonchev–Trinajstić information content (AvgIpc) is 2.86. The minimum atomic E-state index is -0.120. The third kappa shape index (κ3) is 6.34. The van der Waals surface area contributed by atoms with Gasteiger partial charge in [0.15, 0.2) is 16.6 Å². The summed E-state index contributed by atoms with van der Waals surface area (Å²) in [6.45, 7) is 3.27. The van der Waals surface area contributed by atoms with Gasteiger partial charge in [0, 0.05) is 29.6 Å². The summed E-state index contributed by atoms with van der Waals surface area (Å²) in [5, 5.41) is 5.20. The molecular formula is C28H35N3O3S. The maximum absolute atomic E-state index is 13.0. The number of methoxy groups -OCH3 is 2. The van der Waals surface area contributed by atoms with Crippen molar-refractivity contribution in [2.45, 2.75) is 58.0 Å². The zero-order valence-corrected chi connectivity index (χ0v) is 21.7. The zero-order valence-electron chi connectivity index (χ0n) is 20.9. The van der Waals surface area contributed by atoms with Crippen molar-refractivity contribution in [3.05, 3.63) is 69.5 Å². The maximum Gasteiger partial charge on any atom is 0.253 e. The van der Waals surface area contributed by atoms with Gasteiger partial charge in [-0.05, 0) is 56.1 Å². The molecule has 4 rings (SSSR count). The average molecular weight is 494 g/mol. The molecule has 1 heterocycles. The van der Waals surface area contributed by atoms with Gasteiger partial charge in [0.05, 0.1) is 26.3 Å². The van der Waals surface area contributed by atoms with Gasteiger partial charge in [0.1, 0.15) is 0 Å². The predicted octanol–water partition coefficient (Wildman–Crippen LogP) is 5.11. The highest BCUT2D eigenvalue weighted by Gasteiger charge is 2.19. The van der Waals surface area contributed by atoms with E-state index in [4.69, 9.17) is 21.7 Å². The Labute approximate surface area is 212 Å². The van der Waals surface area contributed by atoms with Gasteiger partial charge < -0.3 is 24.7 Å². The Morgan fingerprint density at radius 2 is 1.83 bits per heavy atom. The van der Waals surface area contributed by atoms with Crippen LogP contribution in [0.1, 0.15) is 48.8 Å². The number of aryl methyl sites for hydroxylation is 1. The lowest BCUT2D eigenvalue weighted by Crippen LogP contribution is -2.46. The molecule has 186 valence electrons. The summed E-state index contributed by atoms with van der Waals surface area (Å²) in [6, 6.07) is 14.6. The van der Waals surface area contributed by atoms with Crippen LogP contribution in [0.3, 0.4) is 0 Å². The highest BCUT2D eigenvalue weighted by Crippen LogP contribution is 2.31. The van der Waals surface area contributed by atoms with E-state index in [2.05, 4.69) is 46.4 Å². The number of rotatable bonds is 8. The highest BCUT2D eigenvalue weighted by molar-refractivity contribution is 7.80. The van der Waals surface area contributed by atoms with Gasteiger partial charge in [-0.3, -0.25) is 4.79 Å². The minimum absolute atomic E-state index is 0.120. The number of fused-ring (bicyclic) bond motifs is 1. The summed E-state index contributed by atoms with van der Waals surface area (Å²) in [5.41, 5.74) is 3.77. The van der Waals surface area contributed by atoms with Crippen LogP contribution in [0.2, 0.25) is 0 Å². The number of aromatic amines is 1. The number of benzene rings is 2. The number of hydrogen-bond acceptors (Lipinski definition) is 4. The van der Waals surface area contributed by atoms with E-state index >= 15 is 0 Å². The first-order valence-corrected chi connectivity index (χ1v) is 12.8. The second kappa shape index (κ2) is 11.6. The minimum Gasteiger partial charge on any atom is -0.493 e. The molecule has 1 aromatic heterocycles. The van der Waals surface area contributed by atoms with Crippen LogP contribution in [0, 0.1) is 6.92 Å². The molecule has 0 amide bonds. The van der Waals surface area contributed by atoms with Gasteiger partial charge in [-0.2, -0.15) is 0 Å². The van der Waals surface area contributed by atoms with Gasteiger partial charge in [-0.15, -0.1) is 0 Å². The standard InChI is InChI=1S/C28H35N3O3S/c1-19-8-7-9-20(14-19)12-13-31(28(35)29-23-10-5-4-6-11-23)18-22-15-21-16-25(33-2)26(34-3)17-24(21)30-27(22)32/h7-9,14-17,23H,4-6,10-13,18H2,1-3H3,(H,29,35)(H,30,32). The lowest BCUT2D eigenvalue weighted by atomic mass is 9.96. The third-order valence-corrected chi connectivity index (χ3v) is 7.14. The van der Waals surface area contributed by atoms with Crippen molar-refractivity contribution in [3.8, 4) is 11.5 Å². The quantitative estimate of drug-likeness (QED) is 0.426. The number of hydrogen-bond donors (Lipinski definition) is 2. The molecule has 7 heteroatoms. The summed E-state index contributed by atoms with van der Waals surface area (Å²) in [4.78, 5) is 18.2. The van der Waals surface area contributed by atoms with Gasteiger partial charge in [0.25, 0.3) is 5.56 Å². The van der Waals surface area contributed by atoms with Crippen LogP contribution in [0.4, 0.5) is 0 Å². The van der Waals surface area contributed by atoms with Crippen molar-refractivity contribution in [1.82, 2.24) is 15.2 Å². The Hall–Kier alpha value is -3.06. The van der Waals surface area contributed by atoms with Crippen LogP contribution in [0.5, 0.6) is 11.5 Å². The fourth-order valence-electron chi connectivity index (χ4n) is 4.80. The fraction of sp³-hybridized carbons (Fsp3) is 0.429. The molecule has 1 fully saturated rings. The van der Waals surface area contributed by atoms with E-state index in [9.17, 15) is 4.79 Å². The van der Waals surface area contributed by atoms with Crippen molar-refractivity contribution >= 4 is 28.2 Å². The van der Waals surface area contributed by atoms with Crippen molar-refractivity contribution < 1.29 is 9.47 Å². The number of ether oxygens (including phenoxy) is 2. The summed E-state index contributed by atoms with van der Waals surface area (Å²) in [6.07, 6.45) is 6.90. The largest absolute Gasteiger partial charge is 0.493 e. The lowest BCUT2D eigenvalue weighted by molar-refractivity contribution is 0.355. The second-order valence-corrected chi connectivity index (χ2v) is 9.75. The van der Waals surface area contributed by atoms with E-state index in [0.717, 1.165) is 36.3 Å². The second-order valence-electron chi connectivity index (χ2n) is 9.36.